The highest BCUT2D eigenvalue weighted by atomic mass is 16.3. The van der Waals surface area contributed by atoms with Gasteiger partial charge in [0, 0.05) is 12.6 Å². The molecule has 0 aliphatic rings. The summed E-state index contributed by atoms with van der Waals surface area (Å²) in [5.74, 6) is 0.305. The van der Waals surface area contributed by atoms with Crippen LogP contribution in [0.4, 0.5) is 0 Å². The fraction of sp³-hybridized carbons (Fsp3) is 0.273. The van der Waals surface area contributed by atoms with E-state index in [-0.39, 0.29) is 0 Å². The Morgan fingerprint density at radius 1 is 1.46 bits per heavy atom. The Bertz CT molecular complexity index is 266. The third kappa shape index (κ3) is 2.92. The molecule has 13 heavy (non-hydrogen) atoms. The lowest BCUT2D eigenvalue weighted by Crippen LogP contribution is -2.18. The van der Waals surface area contributed by atoms with E-state index >= 15 is 0 Å². The van der Waals surface area contributed by atoms with Crippen molar-refractivity contribution in [3.8, 4) is 5.75 Å². The first-order chi connectivity index (χ1) is 6.24. The zero-order valence-electron chi connectivity index (χ0n) is 7.83. The van der Waals surface area contributed by atoms with E-state index in [2.05, 4.69) is 18.8 Å². The number of phenolic OH excluding ortho intramolecular Hbond substituents is 1. The van der Waals surface area contributed by atoms with Crippen molar-refractivity contribution >= 4 is 0 Å². The van der Waals surface area contributed by atoms with E-state index < -0.39 is 0 Å². The lowest BCUT2D eigenvalue weighted by Gasteiger charge is -2.12. The van der Waals surface area contributed by atoms with E-state index in [0.717, 1.165) is 6.54 Å². The van der Waals surface area contributed by atoms with Crippen molar-refractivity contribution in [3.63, 3.8) is 0 Å². The molecule has 0 saturated heterocycles. The Morgan fingerprint density at radius 2 is 2.08 bits per heavy atom. The zero-order chi connectivity index (χ0) is 9.68. The smallest absolute Gasteiger partial charge is 0.115 e. The molecule has 0 aliphatic carbocycles. The van der Waals surface area contributed by atoms with Gasteiger partial charge in [0.15, 0.2) is 0 Å². The number of phenols is 1. The van der Waals surface area contributed by atoms with Crippen LogP contribution in [0.25, 0.3) is 0 Å². The van der Waals surface area contributed by atoms with E-state index in [1.165, 1.54) is 5.56 Å². The molecule has 0 saturated carbocycles. The van der Waals surface area contributed by atoms with E-state index in [0.29, 0.717) is 11.8 Å². The quantitative estimate of drug-likeness (QED) is 0.691. The van der Waals surface area contributed by atoms with Gasteiger partial charge in [-0.3, -0.25) is 0 Å². The summed E-state index contributed by atoms with van der Waals surface area (Å²) in [6.07, 6.45) is 1.83. The summed E-state index contributed by atoms with van der Waals surface area (Å²) in [5, 5.41) is 12.3. The van der Waals surface area contributed by atoms with Crippen molar-refractivity contribution in [2.45, 2.75) is 13.0 Å². The van der Waals surface area contributed by atoms with E-state index in [1.807, 2.05) is 18.2 Å². The Kier molecular flexibility index (Phi) is 3.53. The number of nitrogens with one attached hydrogen (secondary N) is 1. The molecule has 1 unspecified atom stereocenters. The van der Waals surface area contributed by atoms with Crippen molar-refractivity contribution in [2.24, 2.45) is 0 Å². The minimum absolute atomic E-state index is 0.290. The van der Waals surface area contributed by atoms with Crippen molar-refractivity contribution in [3.05, 3.63) is 42.5 Å². The first-order valence-corrected chi connectivity index (χ1v) is 4.37. The molecule has 0 aromatic heterocycles. The van der Waals surface area contributed by atoms with E-state index in [9.17, 15) is 0 Å². The van der Waals surface area contributed by atoms with Gasteiger partial charge in [-0.1, -0.05) is 18.2 Å². The normalized spacial score (nSPS) is 12.4. The Balaban J connectivity index is 2.60. The second-order valence-corrected chi connectivity index (χ2v) is 3.01. The molecule has 0 fully saturated rings. The largest absolute Gasteiger partial charge is 0.508 e. The molecule has 70 valence electrons. The van der Waals surface area contributed by atoms with Gasteiger partial charge in [0.1, 0.15) is 5.75 Å². The molecule has 2 nitrogen and oxygen atoms in total. The molecule has 1 aromatic rings. The first-order valence-electron chi connectivity index (χ1n) is 4.37. The molecule has 2 N–H and O–H groups in total. The lowest BCUT2D eigenvalue weighted by atomic mass is 10.1. The van der Waals surface area contributed by atoms with Gasteiger partial charge in [-0.15, -0.1) is 6.58 Å². The summed E-state index contributed by atoms with van der Waals surface area (Å²) in [7, 11) is 0. The van der Waals surface area contributed by atoms with Gasteiger partial charge in [-0.25, -0.2) is 0 Å². The predicted octanol–water partition coefficient (Wildman–Crippen LogP) is 2.23. The molecule has 1 aromatic carbocycles. The van der Waals surface area contributed by atoms with Gasteiger partial charge >= 0.3 is 0 Å². The molecule has 0 radical (unpaired) electrons. The van der Waals surface area contributed by atoms with Gasteiger partial charge in [0.05, 0.1) is 0 Å². The third-order valence-corrected chi connectivity index (χ3v) is 1.96. The van der Waals surface area contributed by atoms with Crippen molar-refractivity contribution in [2.75, 3.05) is 6.54 Å². The zero-order valence-corrected chi connectivity index (χ0v) is 7.83. The molecule has 1 atom stereocenters. The fourth-order valence-electron chi connectivity index (χ4n) is 1.14. The molecule has 0 heterocycles. The number of hydrogen-bond donors (Lipinski definition) is 2. The molecular weight excluding hydrogens is 162 g/mol. The summed E-state index contributed by atoms with van der Waals surface area (Å²) in [6.45, 7) is 6.51. The summed E-state index contributed by atoms with van der Waals surface area (Å²) in [5.41, 5.74) is 1.17. The van der Waals surface area contributed by atoms with Gasteiger partial charge in [-0.2, -0.15) is 0 Å². The number of hydrogen-bond acceptors (Lipinski definition) is 2. The van der Waals surface area contributed by atoms with Crippen LogP contribution in [-0.4, -0.2) is 11.7 Å². The summed E-state index contributed by atoms with van der Waals surface area (Å²) in [6, 6.07) is 7.51. The van der Waals surface area contributed by atoms with Crippen LogP contribution in [0.2, 0.25) is 0 Å². The number of rotatable bonds is 4. The summed E-state index contributed by atoms with van der Waals surface area (Å²) >= 11 is 0. The van der Waals surface area contributed by atoms with Gasteiger partial charge in [0.2, 0.25) is 0 Å². The first kappa shape index (κ1) is 9.81. The topological polar surface area (TPSA) is 32.3 Å². The standard InChI is InChI=1S/C11H15NO/c1-3-8-12-9(2)10-4-6-11(13)7-5-10/h3-7,9,12-13H,1,8H2,2H3. The maximum Gasteiger partial charge on any atom is 0.115 e. The van der Waals surface area contributed by atoms with Crippen molar-refractivity contribution in [1.82, 2.24) is 5.32 Å². The third-order valence-electron chi connectivity index (χ3n) is 1.96. The average Bonchev–Trinajstić information content (AvgIpc) is 2.15. The number of aromatic hydroxyl groups is 1. The van der Waals surface area contributed by atoms with Crippen LogP contribution in [0.1, 0.15) is 18.5 Å². The highest BCUT2D eigenvalue weighted by Gasteiger charge is 2.02. The average molecular weight is 177 g/mol. The SMILES string of the molecule is C=CCNC(C)c1ccc(O)cc1. The summed E-state index contributed by atoms with van der Waals surface area (Å²) < 4.78 is 0. The Hall–Kier alpha value is -1.28. The van der Waals surface area contributed by atoms with Crippen molar-refractivity contribution in [1.29, 1.82) is 0 Å². The second-order valence-electron chi connectivity index (χ2n) is 3.01. The minimum Gasteiger partial charge on any atom is -0.508 e. The predicted molar refractivity (Wildman–Crippen MR) is 54.7 cm³/mol. The van der Waals surface area contributed by atoms with Crippen LogP contribution in [0.5, 0.6) is 5.75 Å². The van der Waals surface area contributed by atoms with Crippen LogP contribution in [0, 0.1) is 0 Å². The van der Waals surface area contributed by atoms with Crippen LogP contribution in [-0.2, 0) is 0 Å². The molecule has 2 heteroatoms. The fourth-order valence-corrected chi connectivity index (χ4v) is 1.14. The number of benzene rings is 1. The van der Waals surface area contributed by atoms with Gasteiger partial charge in [0.25, 0.3) is 0 Å². The molecule has 0 bridgehead atoms. The molecule has 0 amide bonds. The maximum atomic E-state index is 9.08. The van der Waals surface area contributed by atoms with Crippen molar-refractivity contribution < 1.29 is 5.11 Å². The minimum atomic E-state index is 0.290. The van der Waals surface area contributed by atoms with Gasteiger partial charge < -0.3 is 10.4 Å². The molecule has 0 spiro atoms. The van der Waals surface area contributed by atoms with Crippen LogP contribution >= 0.6 is 0 Å². The van der Waals surface area contributed by atoms with Gasteiger partial charge in [-0.05, 0) is 24.6 Å². The maximum absolute atomic E-state index is 9.08. The van der Waals surface area contributed by atoms with E-state index in [4.69, 9.17) is 5.11 Å². The van der Waals surface area contributed by atoms with Crippen LogP contribution in [0.15, 0.2) is 36.9 Å². The van der Waals surface area contributed by atoms with Crippen LogP contribution < -0.4 is 5.32 Å². The summed E-state index contributed by atoms with van der Waals surface area (Å²) in [4.78, 5) is 0. The highest BCUT2D eigenvalue weighted by molar-refractivity contribution is 5.27. The van der Waals surface area contributed by atoms with Crippen LogP contribution in [0.3, 0.4) is 0 Å². The lowest BCUT2D eigenvalue weighted by molar-refractivity contribution is 0.474. The monoisotopic (exact) mass is 177 g/mol. The highest BCUT2D eigenvalue weighted by Crippen LogP contribution is 2.15. The Morgan fingerprint density at radius 3 is 2.62 bits per heavy atom. The Labute approximate surface area is 78.9 Å². The molecule has 1 rings (SSSR count). The van der Waals surface area contributed by atoms with E-state index in [1.54, 1.807) is 12.1 Å². The molecular formula is C11H15NO. The molecule has 0 aliphatic heterocycles. The second kappa shape index (κ2) is 4.67.